The maximum Gasteiger partial charge on any atom is 0.470 e. The third kappa shape index (κ3) is 5.07. The molecule has 1 fully saturated rings. The molecule has 3 aromatic rings. The van der Waals surface area contributed by atoms with Gasteiger partial charge in [0.05, 0.1) is 6.61 Å². The fraction of sp³-hybridized carbons (Fsp3) is 0.348. The van der Waals surface area contributed by atoms with E-state index < -0.39 is 23.8 Å². The van der Waals surface area contributed by atoms with Crippen LogP contribution in [0, 0.1) is 5.82 Å². The molecule has 1 unspecified atom stereocenters. The number of hydrogen-bond donors (Lipinski definition) is 1. The number of aromatic nitrogens is 2. The van der Waals surface area contributed by atoms with Crippen molar-refractivity contribution in [3.05, 3.63) is 64.8 Å². The number of nitrogens with one attached hydrogen (secondary N) is 1. The fourth-order valence-corrected chi connectivity index (χ4v) is 5.24. The van der Waals surface area contributed by atoms with Gasteiger partial charge in [0.1, 0.15) is 11.6 Å². The molecule has 0 aliphatic carbocycles. The Morgan fingerprint density at radius 3 is 2.83 bits per heavy atom. The predicted molar refractivity (Wildman–Crippen MR) is 119 cm³/mol. The first kappa shape index (κ1) is 23.5. The number of thioether (sulfide) groups is 1. The van der Waals surface area contributed by atoms with Crippen molar-refractivity contribution in [3.8, 4) is 17.2 Å². The number of fused-ring (bicyclic) bond motifs is 1. The van der Waals surface area contributed by atoms with Gasteiger partial charge in [-0.1, -0.05) is 18.2 Å². The normalized spacial score (nSPS) is 17.7. The zero-order chi connectivity index (χ0) is 24.6. The summed E-state index contributed by atoms with van der Waals surface area (Å²) in [6.07, 6.45) is -3.90. The van der Waals surface area contributed by atoms with Crippen molar-refractivity contribution in [2.75, 3.05) is 25.4 Å². The molecule has 1 atom stereocenters. The molecular weight excluding hydrogens is 488 g/mol. The zero-order valence-corrected chi connectivity index (χ0v) is 19.1. The number of urea groups is 1. The van der Waals surface area contributed by atoms with Crippen LogP contribution in [0.4, 0.5) is 22.4 Å². The lowest BCUT2D eigenvalue weighted by Crippen LogP contribution is -2.44. The van der Waals surface area contributed by atoms with Gasteiger partial charge in [0.15, 0.2) is 0 Å². The highest BCUT2D eigenvalue weighted by molar-refractivity contribution is 7.99. The average molecular weight is 508 g/mol. The van der Waals surface area contributed by atoms with Gasteiger partial charge in [-0.15, -0.1) is 10.2 Å². The Bertz CT molecular complexity index is 1250. The quantitative estimate of drug-likeness (QED) is 0.509. The summed E-state index contributed by atoms with van der Waals surface area (Å²) >= 11 is 1.79. The highest BCUT2D eigenvalue weighted by atomic mass is 32.2. The third-order valence-electron chi connectivity index (χ3n) is 5.84. The lowest BCUT2D eigenvalue weighted by atomic mass is 10.1. The predicted octanol–water partition coefficient (Wildman–Crippen LogP) is 4.83. The Morgan fingerprint density at radius 1 is 1.20 bits per heavy atom. The highest BCUT2D eigenvalue weighted by Crippen LogP contribution is 2.36. The van der Waals surface area contributed by atoms with Crippen LogP contribution < -0.4 is 10.1 Å². The van der Waals surface area contributed by atoms with E-state index in [0.717, 1.165) is 29.6 Å². The molecule has 1 N–H and O–H groups in total. The molecule has 0 spiro atoms. The van der Waals surface area contributed by atoms with E-state index in [2.05, 4.69) is 26.0 Å². The number of carbonyl (C=O) groups excluding carboxylic acids is 1. The minimum atomic E-state index is -4.78. The molecule has 35 heavy (non-hydrogen) atoms. The third-order valence-corrected chi connectivity index (χ3v) is 7.08. The smallest absolute Gasteiger partial charge is 0.470 e. The zero-order valence-electron chi connectivity index (χ0n) is 18.3. The Morgan fingerprint density at radius 2 is 2.06 bits per heavy atom. The van der Waals surface area contributed by atoms with Gasteiger partial charge in [0.25, 0.3) is 0 Å². The lowest BCUT2D eigenvalue weighted by molar-refractivity contribution is -0.156. The van der Waals surface area contributed by atoms with Gasteiger partial charge in [-0.3, -0.25) is 0 Å². The number of ether oxygens (including phenoxy) is 1. The summed E-state index contributed by atoms with van der Waals surface area (Å²) in [7, 11) is 0. The first-order valence-electron chi connectivity index (χ1n) is 10.9. The summed E-state index contributed by atoms with van der Waals surface area (Å²) in [5, 5.41) is 9.11. The molecule has 2 aliphatic heterocycles. The minimum absolute atomic E-state index is 0.0104. The van der Waals surface area contributed by atoms with Crippen molar-refractivity contribution in [3.63, 3.8) is 0 Å². The van der Waals surface area contributed by atoms with E-state index in [1.807, 2.05) is 12.1 Å². The molecule has 1 saturated heterocycles. The first-order valence-corrected chi connectivity index (χ1v) is 11.9. The second kappa shape index (κ2) is 9.40. The van der Waals surface area contributed by atoms with E-state index in [9.17, 15) is 22.4 Å². The van der Waals surface area contributed by atoms with Gasteiger partial charge in [-0.05, 0) is 29.3 Å². The molecule has 7 nitrogen and oxygen atoms in total. The van der Waals surface area contributed by atoms with Crippen LogP contribution in [0.5, 0.6) is 5.75 Å². The molecule has 2 amide bonds. The number of rotatable bonds is 4. The summed E-state index contributed by atoms with van der Waals surface area (Å²) in [4.78, 5) is 14.5. The summed E-state index contributed by atoms with van der Waals surface area (Å²) in [5.41, 5.74) is 2.52. The molecule has 184 valence electrons. The number of nitrogens with zero attached hydrogens (tertiary/aromatic N) is 3. The Balaban J connectivity index is 1.20. The SMILES string of the molecule is O=C(NCc1ccc(-c2nnc(C(F)(F)F)o2)cc1F)N1CCSC(c2ccc3c(c2)CCO3)C1. The molecule has 2 aromatic carbocycles. The highest BCUT2D eigenvalue weighted by Gasteiger charge is 2.38. The molecule has 12 heteroatoms. The van der Waals surface area contributed by atoms with Crippen molar-refractivity contribution < 1.29 is 31.5 Å². The van der Waals surface area contributed by atoms with Crippen molar-refractivity contribution in [2.45, 2.75) is 24.4 Å². The van der Waals surface area contributed by atoms with Gasteiger partial charge < -0.3 is 19.4 Å². The second-order valence-corrected chi connectivity index (χ2v) is 9.46. The van der Waals surface area contributed by atoms with Crippen LogP contribution in [0.2, 0.25) is 0 Å². The minimum Gasteiger partial charge on any atom is -0.493 e. The van der Waals surface area contributed by atoms with Gasteiger partial charge in [0, 0.05) is 48.2 Å². The van der Waals surface area contributed by atoms with Gasteiger partial charge in [0.2, 0.25) is 5.89 Å². The monoisotopic (exact) mass is 508 g/mol. The molecule has 2 aliphatic rings. The summed E-state index contributed by atoms with van der Waals surface area (Å²) in [6, 6.07) is 9.56. The van der Waals surface area contributed by atoms with Gasteiger partial charge in [-0.25, -0.2) is 9.18 Å². The molecule has 3 heterocycles. The van der Waals surface area contributed by atoms with E-state index in [1.54, 1.807) is 16.7 Å². The van der Waals surface area contributed by atoms with Crippen molar-refractivity contribution >= 4 is 17.8 Å². The van der Waals surface area contributed by atoms with Crippen LogP contribution in [-0.4, -0.2) is 46.6 Å². The van der Waals surface area contributed by atoms with Crippen LogP contribution in [-0.2, 0) is 19.1 Å². The summed E-state index contributed by atoms with van der Waals surface area (Å²) in [5.74, 6) is -0.963. The van der Waals surface area contributed by atoms with Crippen molar-refractivity contribution in [1.82, 2.24) is 20.4 Å². The van der Waals surface area contributed by atoms with Crippen LogP contribution in [0.15, 0.2) is 40.8 Å². The fourth-order valence-electron chi connectivity index (χ4n) is 4.00. The molecular formula is C23H20F4N4O3S. The number of benzene rings is 2. The van der Waals surface area contributed by atoms with Crippen molar-refractivity contribution in [2.24, 2.45) is 0 Å². The van der Waals surface area contributed by atoms with Crippen LogP contribution >= 0.6 is 11.8 Å². The van der Waals surface area contributed by atoms with Crippen molar-refractivity contribution in [1.29, 1.82) is 0 Å². The Kier molecular flexibility index (Phi) is 6.30. The first-order chi connectivity index (χ1) is 16.8. The number of amides is 2. The molecule has 1 aromatic heterocycles. The lowest BCUT2D eigenvalue weighted by Gasteiger charge is -2.32. The van der Waals surface area contributed by atoms with Crippen LogP contribution in [0.25, 0.3) is 11.5 Å². The van der Waals surface area contributed by atoms with E-state index in [1.165, 1.54) is 17.7 Å². The van der Waals surface area contributed by atoms with E-state index in [4.69, 9.17) is 4.74 Å². The van der Waals surface area contributed by atoms with Gasteiger partial charge in [-0.2, -0.15) is 24.9 Å². The average Bonchev–Trinajstić information content (AvgIpc) is 3.52. The van der Waals surface area contributed by atoms with Crippen LogP contribution in [0.3, 0.4) is 0 Å². The number of alkyl halides is 3. The van der Waals surface area contributed by atoms with E-state index >= 15 is 0 Å². The second-order valence-electron chi connectivity index (χ2n) is 8.15. The maximum atomic E-state index is 14.6. The van der Waals surface area contributed by atoms with E-state index in [0.29, 0.717) is 19.7 Å². The molecule has 0 saturated carbocycles. The largest absolute Gasteiger partial charge is 0.493 e. The topological polar surface area (TPSA) is 80.5 Å². The standard InChI is InChI=1S/C23H20F4N4O3S/c24-17-10-15(20-29-30-21(34-20)23(25,26)27)1-2-16(17)11-28-22(32)31-6-8-35-19(12-31)14-3-4-18-13(9-14)5-7-33-18/h1-4,9-10,19H,5-8,11-12H2,(H,28,32). The van der Waals surface area contributed by atoms with Crippen LogP contribution in [0.1, 0.15) is 27.8 Å². The summed E-state index contributed by atoms with van der Waals surface area (Å²) < 4.78 is 62.6. The number of carbonyl (C=O) groups is 1. The summed E-state index contributed by atoms with van der Waals surface area (Å²) in [6.45, 7) is 1.71. The molecule has 0 radical (unpaired) electrons. The number of halogens is 4. The number of hydrogen-bond acceptors (Lipinski definition) is 6. The Labute approximate surface area is 201 Å². The molecule has 5 rings (SSSR count). The van der Waals surface area contributed by atoms with E-state index in [-0.39, 0.29) is 29.0 Å². The molecule has 0 bridgehead atoms. The van der Waals surface area contributed by atoms with Gasteiger partial charge >= 0.3 is 18.1 Å². The maximum absolute atomic E-state index is 14.6. The Hall–Kier alpha value is -3.28.